The molecule has 44 heavy (non-hydrogen) atoms. The number of anilines is 1. The Morgan fingerprint density at radius 1 is 1.00 bits per heavy atom. The van der Waals surface area contributed by atoms with Gasteiger partial charge in [0.05, 0.1) is 33.0 Å². The van der Waals surface area contributed by atoms with Gasteiger partial charge in [-0.1, -0.05) is 18.5 Å². The molecule has 3 aliphatic rings. The first-order valence-corrected chi connectivity index (χ1v) is 16.4. The van der Waals surface area contributed by atoms with Gasteiger partial charge in [0.15, 0.2) is 27.3 Å². The number of nitrogens with one attached hydrogen (secondary N) is 2. The van der Waals surface area contributed by atoms with Gasteiger partial charge in [0, 0.05) is 35.8 Å². The first-order valence-electron chi connectivity index (χ1n) is 14.5. The normalized spacial score (nSPS) is 31.9. The lowest BCUT2D eigenvalue weighted by Crippen LogP contribution is -2.56. The minimum absolute atomic E-state index is 0.0437. The Bertz CT molecular complexity index is 1550. The van der Waals surface area contributed by atoms with Crippen molar-refractivity contribution < 1.29 is 46.5 Å². The van der Waals surface area contributed by atoms with Gasteiger partial charge in [-0.05, 0) is 74.5 Å². The van der Waals surface area contributed by atoms with E-state index >= 15 is 0 Å². The molecule has 0 aliphatic heterocycles. The summed E-state index contributed by atoms with van der Waals surface area (Å²) in [7, 11) is -4.13. The zero-order valence-corrected chi connectivity index (χ0v) is 25.3. The molecule has 2 amide bonds. The van der Waals surface area contributed by atoms with Crippen LogP contribution in [0.1, 0.15) is 55.8 Å². The lowest BCUT2D eigenvalue weighted by Gasteiger charge is -2.43. The highest BCUT2D eigenvalue weighted by Crippen LogP contribution is 2.54. The summed E-state index contributed by atoms with van der Waals surface area (Å²) in [6.45, 7) is 1.85. The maximum Gasteiger partial charge on any atom is 0.255 e. The molecular formula is C30H34ClF3N2O7S. The number of hydrogen-bond donors (Lipinski definition) is 5. The average Bonchev–Trinajstić information content (AvgIpc) is 3.08. The maximum absolute atomic E-state index is 13.9. The highest BCUT2D eigenvalue weighted by atomic mass is 35.5. The summed E-state index contributed by atoms with van der Waals surface area (Å²) in [4.78, 5) is 25.4. The van der Waals surface area contributed by atoms with E-state index in [-0.39, 0.29) is 58.8 Å². The number of aliphatic hydroxyl groups excluding tert-OH is 2. The first kappa shape index (κ1) is 32.7. The van der Waals surface area contributed by atoms with E-state index in [2.05, 4.69) is 10.6 Å². The predicted octanol–water partition coefficient (Wildman–Crippen LogP) is 3.59. The fourth-order valence-corrected chi connectivity index (χ4v) is 9.57. The molecule has 0 saturated heterocycles. The molecule has 3 fully saturated rings. The maximum atomic E-state index is 13.9. The van der Waals surface area contributed by atoms with E-state index in [0.29, 0.717) is 31.4 Å². The van der Waals surface area contributed by atoms with Gasteiger partial charge >= 0.3 is 0 Å². The third-order valence-electron chi connectivity index (χ3n) is 9.63. The van der Waals surface area contributed by atoms with Crippen LogP contribution in [0, 0.1) is 41.1 Å². The summed E-state index contributed by atoms with van der Waals surface area (Å²) in [6.07, 6.45) is -0.342. The second-order valence-electron chi connectivity index (χ2n) is 12.4. The first-order chi connectivity index (χ1) is 20.6. The van der Waals surface area contributed by atoms with Crippen molar-refractivity contribution in [2.75, 3.05) is 11.9 Å². The molecular weight excluding hydrogens is 625 g/mol. The molecule has 2 aromatic carbocycles. The number of halogens is 4. The second-order valence-corrected chi connectivity index (χ2v) is 15.0. The molecule has 3 aliphatic carbocycles. The fourth-order valence-electron chi connectivity index (χ4n) is 7.19. The molecule has 8 atom stereocenters. The van der Waals surface area contributed by atoms with Gasteiger partial charge in [0.2, 0.25) is 5.91 Å². The molecule has 0 radical (unpaired) electrons. The molecule has 2 aromatic rings. The molecule has 0 aromatic heterocycles. The number of carbonyl (C=O) groups excluding carboxylic acids is 2. The minimum Gasteiger partial charge on any atom is -0.390 e. The van der Waals surface area contributed by atoms with Crippen LogP contribution in [0.3, 0.4) is 0 Å². The van der Waals surface area contributed by atoms with Crippen LogP contribution in [0.25, 0.3) is 0 Å². The summed E-state index contributed by atoms with van der Waals surface area (Å²) in [5, 5.41) is 35.4. The van der Waals surface area contributed by atoms with Gasteiger partial charge in [-0.3, -0.25) is 9.59 Å². The zero-order valence-electron chi connectivity index (χ0n) is 23.8. The van der Waals surface area contributed by atoms with E-state index in [0.717, 1.165) is 6.07 Å². The van der Waals surface area contributed by atoms with Crippen molar-refractivity contribution >= 4 is 38.9 Å². The number of benzene rings is 2. The molecule has 240 valence electrons. The number of amides is 2. The van der Waals surface area contributed by atoms with Crippen molar-refractivity contribution in [3.8, 4) is 0 Å². The Kier molecular flexibility index (Phi) is 9.09. The molecule has 14 heteroatoms. The van der Waals surface area contributed by atoms with Crippen molar-refractivity contribution in [1.29, 1.82) is 0 Å². The van der Waals surface area contributed by atoms with Crippen molar-refractivity contribution in [3.63, 3.8) is 0 Å². The van der Waals surface area contributed by atoms with Crippen LogP contribution in [0.2, 0.25) is 5.02 Å². The highest BCUT2D eigenvalue weighted by molar-refractivity contribution is 7.92. The summed E-state index contributed by atoms with van der Waals surface area (Å²) in [6, 6.07) is 4.73. The van der Waals surface area contributed by atoms with Crippen LogP contribution in [-0.4, -0.2) is 65.2 Å². The minimum atomic E-state index is -4.13. The highest BCUT2D eigenvalue weighted by Gasteiger charge is 2.58. The van der Waals surface area contributed by atoms with Crippen LogP contribution >= 0.6 is 11.6 Å². The molecule has 5 rings (SSSR count). The number of fused-ring (bicyclic) bond motifs is 2. The van der Waals surface area contributed by atoms with E-state index in [4.69, 9.17) is 11.6 Å². The van der Waals surface area contributed by atoms with E-state index in [1.807, 2.05) is 6.92 Å². The lowest BCUT2D eigenvalue weighted by molar-refractivity contribution is -0.132. The number of aliphatic hydroxyl groups is 3. The second kappa shape index (κ2) is 12.2. The summed E-state index contributed by atoms with van der Waals surface area (Å²) in [5.74, 6) is -7.41. The Hall–Kier alpha value is -2.71. The van der Waals surface area contributed by atoms with E-state index in [1.165, 1.54) is 12.1 Å². The zero-order chi connectivity index (χ0) is 32.1. The molecule has 5 unspecified atom stereocenters. The third kappa shape index (κ3) is 6.09. The SMILES string of the molecule is C[C@H]1CC2C[C@@H](S(=O)(=O)c3cc(C(=O)Nc4cc(F)c(F)c(F)c4)ccc3Cl)CC1[C@@]2(O)CNC(=O)C1CCC(O)C(O)C1. The Balaban J connectivity index is 1.30. The van der Waals surface area contributed by atoms with Crippen LogP contribution < -0.4 is 10.6 Å². The van der Waals surface area contributed by atoms with Crippen molar-refractivity contribution in [1.82, 2.24) is 5.32 Å². The number of hydrogen-bond acceptors (Lipinski definition) is 7. The number of sulfone groups is 1. The molecule has 2 bridgehead atoms. The van der Waals surface area contributed by atoms with E-state index in [9.17, 15) is 46.5 Å². The van der Waals surface area contributed by atoms with Gasteiger partial charge in [0.25, 0.3) is 5.91 Å². The fraction of sp³-hybridized carbons (Fsp3) is 0.533. The van der Waals surface area contributed by atoms with Gasteiger partial charge in [-0.15, -0.1) is 0 Å². The number of carbonyl (C=O) groups is 2. The Labute approximate surface area is 257 Å². The smallest absolute Gasteiger partial charge is 0.255 e. The van der Waals surface area contributed by atoms with Crippen molar-refractivity contribution in [2.45, 2.75) is 73.4 Å². The van der Waals surface area contributed by atoms with E-state index in [1.54, 1.807) is 0 Å². The van der Waals surface area contributed by atoms with Crippen LogP contribution in [0.15, 0.2) is 35.2 Å². The van der Waals surface area contributed by atoms with Gasteiger partial charge in [0.1, 0.15) is 0 Å². The van der Waals surface area contributed by atoms with Crippen LogP contribution in [-0.2, 0) is 14.6 Å². The monoisotopic (exact) mass is 658 g/mol. The van der Waals surface area contributed by atoms with Gasteiger partial charge in [-0.2, -0.15) is 0 Å². The third-order valence-corrected chi connectivity index (χ3v) is 12.3. The standard InChI is InChI=1S/C30H34ClF3N2O7S/c1-14-6-17-9-19(12-20(14)30(17,41)13-35-28(39)15-3-5-24(37)25(38)7-15)44(42,43)26-8-16(2-4-21(26)31)29(40)36-18-10-22(32)27(34)23(33)11-18/h2,4,8,10-11,14-15,17,19-20,24-25,37-38,41H,3,5-7,9,12-13H2,1H3,(H,35,39)(H,36,40)/t14-,15?,17?,19+,20?,24?,25?,30+/m0/s1. The largest absolute Gasteiger partial charge is 0.390 e. The predicted molar refractivity (Wildman–Crippen MR) is 154 cm³/mol. The molecule has 0 spiro atoms. The van der Waals surface area contributed by atoms with Crippen LogP contribution in [0.5, 0.6) is 0 Å². The topological polar surface area (TPSA) is 153 Å². The van der Waals surface area contributed by atoms with Gasteiger partial charge < -0.3 is 26.0 Å². The van der Waals surface area contributed by atoms with Crippen molar-refractivity contribution in [2.24, 2.45) is 23.7 Å². The molecule has 3 saturated carbocycles. The molecule has 0 heterocycles. The van der Waals surface area contributed by atoms with Crippen LogP contribution in [0.4, 0.5) is 18.9 Å². The molecule has 9 nitrogen and oxygen atoms in total. The van der Waals surface area contributed by atoms with Gasteiger partial charge in [-0.25, -0.2) is 21.6 Å². The summed E-state index contributed by atoms with van der Waals surface area (Å²) in [5.41, 5.74) is -1.88. The Morgan fingerprint density at radius 2 is 1.68 bits per heavy atom. The lowest BCUT2D eigenvalue weighted by atomic mass is 9.73. The summed E-state index contributed by atoms with van der Waals surface area (Å²) < 4.78 is 68.3. The average molecular weight is 659 g/mol. The summed E-state index contributed by atoms with van der Waals surface area (Å²) >= 11 is 6.29. The quantitative estimate of drug-likeness (QED) is 0.285. The molecule has 5 N–H and O–H groups in total. The Morgan fingerprint density at radius 3 is 2.32 bits per heavy atom. The van der Waals surface area contributed by atoms with E-state index < -0.39 is 74.0 Å². The number of rotatable bonds is 7. The van der Waals surface area contributed by atoms with Crippen molar-refractivity contribution in [3.05, 3.63) is 58.4 Å².